The number of fused-ring (bicyclic) bond motifs is 5. The highest BCUT2D eigenvalue weighted by atomic mass is 16.5. The molecule has 0 amide bonds. The molecule has 0 aliphatic heterocycles. The molecule has 1 nitrogen and oxygen atoms in total. The molecule has 0 N–H and O–H groups in total. The second-order valence-corrected chi connectivity index (χ2v) is 5.00. The number of hydrogen-bond acceptors (Lipinski definition) is 1. The van der Waals surface area contributed by atoms with Crippen molar-refractivity contribution in [3.63, 3.8) is 0 Å². The lowest BCUT2D eigenvalue weighted by atomic mass is 9.80. The Hall–Kier alpha value is -0.460. The van der Waals surface area contributed by atoms with E-state index in [0.717, 1.165) is 23.7 Å². The van der Waals surface area contributed by atoms with Gasteiger partial charge in [-0.25, -0.2) is 0 Å². The van der Waals surface area contributed by atoms with Gasteiger partial charge in [0.1, 0.15) is 6.10 Å². The number of hydrogen-bond donors (Lipinski definition) is 0. The van der Waals surface area contributed by atoms with Crippen molar-refractivity contribution in [2.45, 2.75) is 38.2 Å². The van der Waals surface area contributed by atoms with E-state index >= 15 is 0 Å². The van der Waals surface area contributed by atoms with Crippen molar-refractivity contribution in [2.24, 2.45) is 23.7 Å². The Bertz CT molecular complexity index is 223. The van der Waals surface area contributed by atoms with Gasteiger partial charge in [-0.3, -0.25) is 0 Å². The summed E-state index contributed by atoms with van der Waals surface area (Å²) < 4.78 is 5.61. The van der Waals surface area contributed by atoms with E-state index in [0.29, 0.717) is 6.10 Å². The highest BCUT2D eigenvalue weighted by Crippen LogP contribution is 2.59. The van der Waals surface area contributed by atoms with Gasteiger partial charge in [0.25, 0.3) is 0 Å². The van der Waals surface area contributed by atoms with Gasteiger partial charge in [0.15, 0.2) is 0 Å². The summed E-state index contributed by atoms with van der Waals surface area (Å²) >= 11 is 0. The second kappa shape index (κ2) is 2.76. The smallest absolute Gasteiger partial charge is 0.101 e. The molecule has 3 rings (SSSR count). The SMILES string of the molecule is C=CO[C@H]1C[C@H]2C[C@@H]1[C@@H]1CCC[C@H]21. The van der Waals surface area contributed by atoms with Crippen molar-refractivity contribution in [2.75, 3.05) is 0 Å². The molecule has 5 atom stereocenters. The molecule has 2 bridgehead atoms. The fraction of sp³-hybridized carbons (Fsp3) is 0.833. The average molecular weight is 178 g/mol. The van der Waals surface area contributed by atoms with Crippen LogP contribution in [-0.2, 0) is 4.74 Å². The highest BCUT2D eigenvalue weighted by Gasteiger charge is 2.54. The lowest BCUT2D eigenvalue weighted by Crippen LogP contribution is -2.29. The van der Waals surface area contributed by atoms with E-state index in [4.69, 9.17) is 4.74 Å². The van der Waals surface area contributed by atoms with Gasteiger partial charge in [0.05, 0.1) is 6.26 Å². The molecule has 0 radical (unpaired) electrons. The Kier molecular flexibility index (Phi) is 1.68. The maximum absolute atomic E-state index is 5.61. The van der Waals surface area contributed by atoms with Gasteiger partial charge in [0.2, 0.25) is 0 Å². The largest absolute Gasteiger partial charge is 0.498 e. The van der Waals surface area contributed by atoms with Gasteiger partial charge in [-0.15, -0.1) is 0 Å². The molecule has 3 saturated carbocycles. The minimum Gasteiger partial charge on any atom is -0.498 e. The van der Waals surface area contributed by atoms with Gasteiger partial charge < -0.3 is 4.74 Å². The van der Waals surface area contributed by atoms with Gasteiger partial charge in [-0.2, -0.15) is 0 Å². The van der Waals surface area contributed by atoms with Crippen molar-refractivity contribution in [3.8, 4) is 0 Å². The van der Waals surface area contributed by atoms with E-state index in [2.05, 4.69) is 6.58 Å². The molecule has 0 spiro atoms. The molecule has 0 aromatic rings. The molecule has 0 aromatic carbocycles. The van der Waals surface area contributed by atoms with Crippen molar-refractivity contribution < 1.29 is 4.74 Å². The highest BCUT2D eigenvalue weighted by molar-refractivity contribution is 5.03. The lowest BCUT2D eigenvalue weighted by Gasteiger charge is -2.30. The summed E-state index contributed by atoms with van der Waals surface area (Å²) in [6.07, 6.45) is 9.40. The van der Waals surface area contributed by atoms with Crippen LogP contribution in [0.25, 0.3) is 0 Å². The topological polar surface area (TPSA) is 9.23 Å². The summed E-state index contributed by atoms with van der Waals surface area (Å²) in [6.45, 7) is 3.67. The van der Waals surface area contributed by atoms with Crippen molar-refractivity contribution in [1.29, 1.82) is 0 Å². The van der Waals surface area contributed by atoms with E-state index in [1.165, 1.54) is 32.1 Å². The molecular weight excluding hydrogens is 160 g/mol. The van der Waals surface area contributed by atoms with E-state index in [-0.39, 0.29) is 0 Å². The van der Waals surface area contributed by atoms with Crippen LogP contribution in [-0.4, -0.2) is 6.10 Å². The fourth-order valence-electron chi connectivity index (χ4n) is 4.29. The predicted octanol–water partition coefficient (Wildman–Crippen LogP) is 2.97. The molecular formula is C12H18O. The molecule has 3 aliphatic rings. The Morgan fingerprint density at radius 1 is 1.08 bits per heavy atom. The zero-order valence-corrected chi connectivity index (χ0v) is 8.11. The van der Waals surface area contributed by atoms with Gasteiger partial charge in [-0.1, -0.05) is 13.0 Å². The lowest BCUT2D eigenvalue weighted by molar-refractivity contribution is 0.0492. The fourth-order valence-corrected chi connectivity index (χ4v) is 4.29. The zero-order valence-electron chi connectivity index (χ0n) is 8.11. The standard InChI is InChI=1S/C12H18O/c1-2-13-12-7-8-6-11(12)10-5-3-4-9(8)10/h2,8-12H,1,3-7H2/t8-,9-,10-,11-,12+/m1/s1. The van der Waals surface area contributed by atoms with Crippen LogP contribution in [0, 0.1) is 23.7 Å². The van der Waals surface area contributed by atoms with E-state index in [9.17, 15) is 0 Å². The summed E-state index contributed by atoms with van der Waals surface area (Å²) in [6, 6.07) is 0. The maximum atomic E-state index is 5.61. The van der Waals surface area contributed by atoms with Crippen LogP contribution in [0.3, 0.4) is 0 Å². The van der Waals surface area contributed by atoms with Crippen LogP contribution in [0.1, 0.15) is 32.1 Å². The third-order valence-corrected chi connectivity index (χ3v) is 4.64. The molecule has 0 aromatic heterocycles. The number of ether oxygens (including phenoxy) is 1. The third-order valence-electron chi connectivity index (χ3n) is 4.64. The molecule has 13 heavy (non-hydrogen) atoms. The Morgan fingerprint density at radius 2 is 1.92 bits per heavy atom. The van der Waals surface area contributed by atoms with E-state index < -0.39 is 0 Å². The summed E-state index contributed by atoms with van der Waals surface area (Å²) in [5.74, 6) is 3.98. The summed E-state index contributed by atoms with van der Waals surface area (Å²) in [5, 5.41) is 0. The Labute approximate surface area is 80.2 Å². The quantitative estimate of drug-likeness (QED) is 0.591. The first-order valence-electron chi connectivity index (χ1n) is 5.66. The minimum absolute atomic E-state index is 0.529. The Morgan fingerprint density at radius 3 is 2.77 bits per heavy atom. The Balaban J connectivity index is 1.77. The first-order chi connectivity index (χ1) is 6.40. The van der Waals surface area contributed by atoms with Crippen molar-refractivity contribution >= 4 is 0 Å². The average Bonchev–Trinajstić information content (AvgIpc) is 2.72. The van der Waals surface area contributed by atoms with Crippen LogP contribution in [0.4, 0.5) is 0 Å². The first-order valence-corrected chi connectivity index (χ1v) is 5.66. The molecule has 1 heteroatoms. The third kappa shape index (κ3) is 0.992. The molecule has 3 aliphatic carbocycles. The summed E-state index contributed by atoms with van der Waals surface area (Å²) in [4.78, 5) is 0. The normalized spacial score (nSPS) is 52.2. The summed E-state index contributed by atoms with van der Waals surface area (Å²) in [5.41, 5.74) is 0. The molecule has 0 unspecified atom stereocenters. The van der Waals surface area contributed by atoms with E-state index in [1.54, 1.807) is 6.26 Å². The van der Waals surface area contributed by atoms with Crippen molar-refractivity contribution in [3.05, 3.63) is 12.8 Å². The zero-order chi connectivity index (χ0) is 8.84. The van der Waals surface area contributed by atoms with Crippen LogP contribution in [0.2, 0.25) is 0 Å². The molecule has 0 heterocycles. The summed E-state index contributed by atoms with van der Waals surface area (Å²) in [7, 11) is 0. The molecule has 72 valence electrons. The van der Waals surface area contributed by atoms with Crippen LogP contribution >= 0.6 is 0 Å². The second-order valence-electron chi connectivity index (χ2n) is 5.00. The number of rotatable bonds is 2. The van der Waals surface area contributed by atoms with Gasteiger partial charge >= 0.3 is 0 Å². The van der Waals surface area contributed by atoms with Gasteiger partial charge in [-0.05, 0) is 49.4 Å². The first kappa shape index (κ1) is 7.90. The maximum Gasteiger partial charge on any atom is 0.101 e. The predicted molar refractivity (Wildman–Crippen MR) is 52.1 cm³/mol. The van der Waals surface area contributed by atoms with Crippen molar-refractivity contribution in [1.82, 2.24) is 0 Å². The molecule has 3 fully saturated rings. The van der Waals surface area contributed by atoms with Gasteiger partial charge in [0, 0.05) is 0 Å². The van der Waals surface area contributed by atoms with Crippen LogP contribution in [0.15, 0.2) is 12.8 Å². The molecule has 0 saturated heterocycles. The minimum atomic E-state index is 0.529. The monoisotopic (exact) mass is 178 g/mol. The van der Waals surface area contributed by atoms with Crippen LogP contribution in [0.5, 0.6) is 0 Å². The van der Waals surface area contributed by atoms with Crippen LogP contribution < -0.4 is 0 Å². The van der Waals surface area contributed by atoms with E-state index in [1.807, 2.05) is 0 Å².